The van der Waals surface area contributed by atoms with Gasteiger partial charge in [-0.1, -0.05) is 24.3 Å². The van der Waals surface area contributed by atoms with Crippen LogP contribution in [0, 0.1) is 0 Å². The van der Waals surface area contributed by atoms with E-state index in [1.165, 1.54) is 15.8 Å². The van der Waals surface area contributed by atoms with E-state index in [-0.39, 0.29) is 0 Å². The first-order chi connectivity index (χ1) is 9.86. The Balaban J connectivity index is 1.75. The summed E-state index contributed by atoms with van der Waals surface area (Å²) in [6.07, 6.45) is 0. The van der Waals surface area contributed by atoms with Crippen molar-refractivity contribution in [3.63, 3.8) is 0 Å². The fourth-order valence-electron chi connectivity index (χ4n) is 2.19. The lowest BCUT2D eigenvalue weighted by Gasteiger charge is -2.11. The van der Waals surface area contributed by atoms with E-state index in [0.29, 0.717) is 6.61 Å². The first kappa shape index (κ1) is 13.1. The number of methoxy groups -OCH3 is 1. The topological polar surface area (TPSA) is 34.1 Å². The third-order valence-corrected chi connectivity index (χ3v) is 4.02. The molecule has 1 heterocycles. The molecule has 3 rings (SSSR count). The number of nitrogens with zero attached hydrogens (tertiary/aromatic N) is 1. The second kappa shape index (κ2) is 6.03. The molecule has 1 N–H and O–H groups in total. The highest BCUT2D eigenvalue weighted by atomic mass is 32.1. The van der Waals surface area contributed by atoms with Crippen LogP contribution in [0.15, 0.2) is 48.0 Å². The van der Waals surface area contributed by atoms with Crippen LogP contribution < -0.4 is 5.32 Å². The maximum Gasteiger partial charge on any atom is 0.0813 e. The molecule has 1 aromatic heterocycles. The summed E-state index contributed by atoms with van der Waals surface area (Å²) >= 11 is 1.66. The zero-order chi connectivity index (χ0) is 13.8. The summed E-state index contributed by atoms with van der Waals surface area (Å²) in [5.74, 6) is 0. The predicted molar refractivity (Wildman–Crippen MR) is 84.1 cm³/mol. The minimum Gasteiger partial charge on any atom is -0.381 e. The second-order valence-electron chi connectivity index (χ2n) is 4.59. The molecule has 0 amide bonds. The zero-order valence-corrected chi connectivity index (χ0v) is 12.1. The molecule has 3 aromatic rings. The van der Waals surface area contributed by atoms with Gasteiger partial charge in [-0.2, -0.15) is 0 Å². The zero-order valence-electron chi connectivity index (χ0n) is 11.3. The lowest BCUT2D eigenvalue weighted by atomic mass is 10.1. The Labute approximate surface area is 122 Å². The molecule has 2 aromatic carbocycles. The van der Waals surface area contributed by atoms with Crippen molar-refractivity contribution in [3.05, 3.63) is 59.1 Å². The van der Waals surface area contributed by atoms with E-state index in [2.05, 4.69) is 46.7 Å². The molecule has 0 bridgehead atoms. The maximum atomic E-state index is 5.23. The molecule has 0 spiro atoms. The van der Waals surface area contributed by atoms with E-state index in [4.69, 9.17) is 4.74 Å². The molecule has 0 atom stereocenters. The smallest absolute Gasteiger partial charge is 0.0813 e. The Morgan fingerprint density at radius 1 is 1.15 bits per heavy atom. The summed E-state index contributed by atoms with van der Waals surface area (Å²) in [5, 5.41) is 3.47. The van der Waals surface area contributed by atoms with Crippen molar-refractivity contribution in [2.24, 2.45) is 0 Å². The maximum absolute atomic E-state index is 5.23. The third-order valence-electron chi connectivity index (χ3n) is 3.23. The molecule has 0 aliphatic heterocycles. The van der Waals surface area contributed by atoms with E-state index in [1.807, 2.05) is 11.6 Å². The second-order valence-corrected chi connectivity index (χ2v) is 5.48. The molecule has 0 saturated heterocycles. The number of hydrogen-bond donors (Lipinski definition) is 1. The number of hydrogen-bond acceptors (Lipinski definition) is 4. The molecule has 4 heteroatoms. The van der Waals surface area contributed by atoms with Crippen LogP contribution in [0.2, 0.25) is 0 Å². The summed E-state index contributed by atoms with van der Waals surface area (Å²) < 4.78 is 6.44. The van der Waals surface area contributed by atoms with Gasteiger partial charge in [-0.3, -0.25) is 0 Å². The SMILES string of the molecule is COCc1ccccc1CNc1ccc2ncsc2c1. The fraction of sp³-hybridized carbons (Fsp3) is 0.188. The Morgan fingerprint density at radius 2 is 2.00 bits per heavy atom. The average molecular weight is 284 g/mol. The lowest BCUT2D eigenvalue weighted by Crippen LogP contribution is -2.03. The van der Waals surface area contributed by atoms with Gasteiger partial charge < -0.3 is 10.1 Å². The Morgan fingerprint density at radius 3 is 2.85 bits per heavy atom. The van der Waals surface area contributed by atoms with Gasteiger partial charge in [0.2, 0.25) is 0 Å². The van der Waals surface area contributed by atoms with Crippen LogP contribution in [0.4, 0.5) is 5.69 Å². The molecule has 0 aliphatic carbocycles. The number of ether oxygens (including phenoxy) is 1. The van der Waals surface area contributed by atoms with Crippen molar-refractivity contribution >= 4 is 27.2 Å². The van der Waals surface area contributed by atoms with Crippen molar-refractivity contribution in [1.82, 2.24) is 4.98 Å². The van der Waals surface area contributed by atoms with Gasteiger partial charge in [-0.05, 0) is 29.3 Å². The molecule has 3 nitrogen and oxygen atoms in total. The van der Waals surface area contributed by atoms with E-state index < -0.39 is 0 Å². The lowest BCUT2D eigenvalue weighted by molar-refractivity contribution is 0.184. The molecular weight excluding hydrogens is 268 g/mol. The molecule has 20 heavy (non-hydrogen) atoms. The van der Waals surface area contributed by atoms with E-state index in [0.717, 1.165) is 17.7 Å². The summed E-state index contributed by atoms with van der Waals surface area (Å²) in [6, 6.07) is 14.6. The van der Waals surface area contributed by atoms with Crippen LogP contribution in [0.5, 0.6) is 0 Å². The van der Waals surface area contributed by atoms with E-state index >= 15 is 0 Å². The first-order valence-electron chi connectivity index (χ1n) is 6.49. The van der Waals surface area contributed by atoms with Gasteiger partial charge in [-0.25, -0.2) is 4.98 Å². The number of nitrogens with one attached hydrogen (secondary N) is 1. The Bertz CT molecular complexity index is 708. The van der Waals surface area contributed by atoms with E-state index in [1.54, 1.807) is 18.4 Å². The van der Waals surface area contributed by atoms with E-state index in [9.17, 15) is 0 Å². The molecule has 102 valence electrons. The largest absolute Gasteiger partial charge is 0.381 e. The molecule has 0 aliphatic rings. The van der Waals surface area contributed by atoms with Crippen LogP contribution in [-0.2, 0) is 17.9 Å². The van der Waals surface area contributed by atoms with Crippen molar-refractivity contribution in [2.45, 2.75) is 13.2 Å². The van der Waals surface area contributed by atoms with Crippen LogP contribution in [0.25, 0.3) is 10.2 Å². The van der Waals surface area contributed by atoms with Gasteiger partial charge in [0.25, 0.3) is 0 Å². The molecular formula is C16H16N2OS. The van der Waals surface area contributed by atoms with Gasteiger partial charge in [0, 0.05) is 19.3 Å². The Kier molecular flexibility index (Phi) is 3.95. The third kappa shape index (κ3) is 2.81. The number of rotatable bonds is 5. The summed E-state index contributed by atoms with van der Waals surface area (Å²) in [5.41, 5.74) is 6.54. The predicted octanol–water partition coefficient (Wildman–Crippen LogP) is 4.05. The summed E-state index contributed by atoms with van der Waals surface area (Å²) in [6.45, 7) is 1.44. The van der Waals surface area contributed by atoms with Crippen LogP contribution in [0.3, 0.4) is 0 Å². The summed E-state index contributed by atoms with van der Waals surface area (Å²) in [7, 11) is 1.72. The number of benzene rings is 2. The number of fused-ring (bicyclic) bond motifs is 1. The van der Waals surface area contributed by atoms with Gasteiger partial charge in [-0.15, -0.1) is 11.3 Å². The van der Waals surface area contributed by atoms with Crippen LogP contribution in [-0.4, -0.2) is 12.1 Å². The van der Waals surface area contributed by atoms with Crippen LogP contribution >= 0.6 is 11.3 Å². The minimum absolute atomic E-state index is 0.645. The highest BCUT2D eigenvalue weighted by Crippen LogP contribution is 2.22. The van der Waals surface area contributed by atoms with Crippen molar-refractivity contribution in [3.8, 4) is 0 Å². The number of anilines is 1. The molecule has 0 fully saturated rings. The van der Waals surface area contributed by atoms with Crippen molar-refractivity contribution in [1.29, 1.82) is 0 Å². The first-order valence-corrected chi connectivity index (χ1v) is 7.37. The molecule has 0 saturated carbocycles. The monoisotopic (exact) mass is 284 g/mol. The number of aromatic nitrogens is 1. The van der Waals surface area contributed by atoms with Gasteiger partial charge in [0.15, 0.2) is 0 Å². The van der Waals surface area contributed by atoms with Gasteiger partial charge >= 0.3 is 0 Å². The Hall–Kier alpha value is -1.91. The average Bonchev–Trinajstić information content (AvgIpc) is 2.94. The number of thiazole rings is 1. The highest BCUT2D eigenvalue weighted by molar-refractivity contribution is 7.16. The van der Waals surface area contributed by atoms with Gasteiger partial charge in [0.1, 0.15) is 0 Å². The minimum atomic E-state index is 0.645. The normalized spacial score (nSPS) is 10.8. The van der Waals surface area contributed by atoms with Crippen LogP contribution in [0.1, 0.15) is 11.1 Å². The standard InChI is InChI=1S/C16H16N2OS/c1-19-10-13-5-3-2-4-12(13)9-17-14-6-7-15-16(8-14)20-11-18-15/h2-8,11,17H,9-10H2,1H3. The molecule has 0 unspecified atom stereocenters. The van der Waals surface area contributed by atoms with Crippen molar-refractivity contribution < 1.29 is 4.74 Å². The van der Waals surface area contributed by atoms with Gasteiger partial charge in [0.05, 0.1) is 22.3 Å². The quantitative estimate of drug-likeness (QED) is 0.767. The summed E-state index contributed by atoms with van der Waals surface area (Å²) in [4.78, 5) is 4.29. The molecule has 0 radical (unpaired) electrons. The highest BCUT2D eigenvalue weighted by Gasteiger charge is 2.02. The van der Waals surface area contributed by atoms with Crippen molar-refractivity contribution in [2.75, 3.05) is 12.4 Å². The fourth-order valence-corrected chi connectivity index (χ4v) is 2.90.